The molecular weight excluding hydrogens is 388 g/mol. The number of carbonyl (C=O) groups excluding carboxylic acids is 1. The summed E-state index contributed by atoms with van der Waals surface area (Å²) in [4.78, 5) is 14.4. The maximum Gasteiger partial charge on any atom is 0.287 e. The Kier molecular flexibility index (Phi) is 7.87. The first-order valence-corrected chi connectivity index (χ1v) is 9.88. The number of carbonyl (C=O) groups is 1. The lowest BCUT2D eigenvalue weighted by Gasteiger charge is -2.21. The van der Waals surface area contributed by atoms with Crippen LogP contribution in [0.2, 0.25) is 5.02 Å². The summed E-state index contributed by atoms with van der Waals surface area (Å²) in [5.41, 5.74) is 2.37. The van der Waals surface area contributed by atoms with Crippen LogP contribution in [0.3, 0.4) is 0 Å². The molecule has 0 saturated carbocycles. The number of halogens is 1. The van der Waals surface area contributed by atoms with Gasteiger partial charge in [0, 0.05) is 31.8 Å². The molecule has 29 heavy (non-hydrogen) atoms. The fourth-order valence-electron chi connectivity index (χ4n) is 3.02. The average Bonchev–Trinajstić information content (AvgIpc) is 3.19. The van der Waals surface area contributed by atoms with E-state index >= 15 is 0 Å². The van der Waals surface area contributed by atoms with Crippen LogP contribution < -0.4 is 5.32 Å². The van der Waals surface area contributed by atoms with Crippen LogP contribution in [0, 0.1) is 0 Å². The topological polar surface area (TPSA) is 54.7 Å². The van der Waals surface area contributed by atoms with E-state index in [1.165, 1.54) is 5.56 Å². The minimum atomic E-state index is -0.236. The zero-order valence-corrected chi connectivity index (χ0v) is 17.2. The van der Waals surface area contributed by atoms with Gasteiger partial charge in [-0.2, -0.15) is 0 Å². The number of ether oxygens (including phenoxy) is 1. The van der Waals surface area contributed by atoms with E-state index in [0.29, 0.717) is 25.5 Å². The molecule has 0 radical (unpaired) electrons. The number of amides is 1. The van der Waals surface area contributed by atoms with Crippen LogP contribution in [-0.4, -0.2) is 31.1 Å². The normalized spacial score (nSPS) is 11.0. The third kappa shape index (κ3) is 6.75. The Balaban J connectivity index is 1.69. The van der Waals surface area contributed by atoms with E-state index in [9.17, 15) is 4.79 Å². The molecule has 0 spiro atoms. The van der Waals surface area contributed by atoms with E-state index in [2.05, 4.69) is 22.3 Å². The quantitative estimate of drug-likeness (QED) is 0.498. The Morgan fingerprint density at radius 3 is 2.34 bits per heavy atom. The van der Waals surface area contributed by atoms with Gasteiger partial charge in [0.1, 0.15) is 5.76 Å². The second-order valence-corrected chi connectivity index (χ2v) is 7.21. The minimum Gasteiger partial charge on any atom is -0.455 e. The van der Waals surface area contributed by atoms with Gasteiger partial charge in [-0.15, -0.1) is 0 Å². The van der Waals surface area contributed by atoms with Gasteiger partial charge in [-0.3, -0.25) is 9.69 Å². The molecule has 5 nitrogen and oxygen atoms in total. The van der Waals surface area contributed by atoms with Crippen molar-refractivity contribution >= 4 is 17.5 Å². The number of hydrogen-bond donors (Lipinski definition) is 1. The Morgan fingerprint density at radius 1 is 0.966 bits per heavy atom. The van der Waals surface area contributed by atoms with Crippen molar-refractivity contribution < 1.29 is 13.9 Å². The van der Waals surface area contributed by atoms with Gasteiger partial charge in [-0.25, -0.2) is 0 Å². The van der Waals surface area contributed by atoms with Crippen molar-refractivity contribution in [3.05, 3.63) is 94.4 Å². The fourth-order valence-corrected chi connectivity index (χ4v) is 3.14. The SMILES string of the molecule is COCCNC(=O)c1ccc(CN(Cc2ccccc2)Cc2ccc(Cl)cc2)o1. The monoisotopic (exact) mass is 412 g/mol. The molecule has 0 aliphatic carbocycles. The molecule has 2 aromatic carbocycles. The highest BCUT2D eigenvalue weighted by Gasteiger charge is 2.14. The second-order valence-electron chi connectivity index (χ2n) is 6.77. The zero-order chi connectivity index (χ0) is 20.5. The molecule has 1 heterocycles. The Labute approximate surface area is 176 Å². The Morgan fingerprint density at radius 2 is 1.66 bits per heavy atom. The molecular formula is C23H25ClN2O3. The predicted octanol–water partition coefficient (Wildman–Crippen LogP) is 4.51. The van der Waals surface area contributed by atoms with Gasteiger partial charge in [-0.1, -0.05) is 54.1 Å². The van der Waals surface area contributed by atoms with E-state index in [0.717, 1.165) is 29.4 Å². The van der Waals surface area contributed by atoms with Gasteiger partial charge in [0.25, 0.3) is 5.91 Å². The Hall–Kier alpha value is -2.60. The van der Waals surface area contributed by atoms with Crippen molar-refractivity contribution in [2.24, 2.45) is 0 Å². The lowest BCUT2D eigenvalue weighted by molar-refractivity contribution is 0.0905. The van der Waals surface area contributed by atoms with Crippen LogP contribution >= 0.6 is 11.6 Å². The highest BCUT2D eigenvalue weighted by atomic mass is 35.5. The van der Waals surface area contributed by atoms with Gasteiger partial charge in [0.15, 0.2) is 5.76 Å². The lowest BCUT2D eigenvalue weighted by Crippen LogP contribution is -2.26. The molecule has 0 aliphatic heterocycles. The fraction of sp³-hybridized carbons (Fsp3) is 0.261. The molecule has 152 valence electrons. The summed E-state index contributed by atoms with van der Waals surface area (Å²) < 4.78 is 10.7. The smallest absolute Gasteiger partial charge is 0.287 e. The summed E-state index contributed by atoms with van der Waals surface area (Å²) >= 11 is 6.01. The van der Waals surface area contributed by atoms with Crippen LogP contribution in [0.4, 0.5) is 0 Å². The van der Waals surface area contributed by atoms with Gasteiger partial charge >= 0.3 is 0 Å². The lowest BCUT2D eigenvalue weighted by atomic mass is 10.1. The molecule has 0 bridgehead atoms. The number of benzene rings is 2. The van der Waals surface area contributed by atoms with Crippen LogP contribution in [-0.2, 0) is 24.4 Å². The average molecular weight is 413 g/mol. The molecule has 3 aromatic rings. The molecule has 0 unspecified atom stereocenters. The number of furan rings is 1. The zero-order valence-electron chi connectivity index (χ0n) is 16.4. The number of rotatable bonds is 10. The largest absolute Gasteiger partial charge is 0.455 e. The Bertz CT molecular complexity index is 894. The van der Waals surface area contributed by atoms with Crippen LogP contribution in [0.15, 0.2) is 71.1 Å². The molecule has 1 aromatic heterocycles. The van der Waals surface area contributed by atoms with Crippen molar-refractivity contribution in [3.8, 4) is 0 Å². The summed E-state index contributed by atoms with van der Waals surface area (Å²) in [5.74, 6) is 0.814. The predicted molar refractivity (Wildman–Crippen MR) is 114 cm³/mol. The first-order chi connectivity index (χ1) is 14.1. The van der Waals surface area contributed by atoms with Crippen LogP contribution in [0.25, 0.3) is 0 Å². The third-order valence-electron chi connectivity index (χ3n) is 4.43. The highest BCUT2D eigenvalue weighted by molar-refractivity contribution is 6.30. The molecule has 0 atom stereocenters. The molecule has 6 heteroatoms. The molecule has 0 saturated heterocycles. The van der Waals surface area contributed by atoms with Gasteiger partial charge < -0.3 is 14.5 Å². The van der Waals surface area contributed by atoms with Crippen LogP contribution in [0.5, 0.6) is 0 Å². The maximum atomic E-state index is 12.1. The minimum absolute atomic E-state index is 0.236. The molecule has 0 aliphatic rings. The van der Waals surface area contributed by atoms with E-state index in [-0.39, 0.29) is 5.91 Å². The van der Waals surface area contributed by atoms with Gasteiger partial charge in [-0.05, 0) is 35.4 Å². The van der Waals surface area contributed by atoms with E-state index < -0.39 is 0 Å². The van der Waals surface area contributed by atoms with E-state index in [4.69, 9.17) is 20.8 Å². The maximum absolute atomic E-state index is 12.1. The van der Waals surface area contributed by atoms with Crippen molar-refractivity contribution in [2.45, 2.75) is 19.6 Å². The number of methoxy groups -OCH3 is 1. The van der Waals surface area contributed by atoms with Crippen LogP contribution in [0.1, 0.15) is 27.4 Å². The van der Waals surface area contributed by atoms with Gasteiger partial charge in [0.05, 0.1) is 13.2 Å². The molecule has 0 fully saturated rings. The summed E-state index contributed by atoms with van der Waals surface area (Å²) in [5, 5.41) is 3.49. The standard InChI is InChI=1S/C23H25ClN2O3/c1-28-14-13-25-23(27)22-12-11-21(29-22)17-26(15-18-5-3-2-4-6-18)16-19-7-9-20(24)10-8-19/h2-12H,13-17H2,1H3,(H,25,27). The molecule has 1 N–H and O–H groups in total. The second kappa shape index (κ2) is 10.8. The van der Waals surface area contributed by atoms with E-state index in [1.54, 1.807) is 13.2 Å². The first kappa shape index (κ1) is 21.1. The van der Waals surface area contributed by atoms with Crippen molar-refractivity contribution in [1.29, 1.82) is 0 Å². The summed E-state index contributed by atoms with van der Waals surface area (Å²) in [6, 6.07) is 21.7. The summed E-state index contributed by atoms with van der Waals surface area (Å²) in [7, 11) is 1.60. The van der Waals surface area contributed by atoms with Crippen molar-refractivity contribution in [3.63, 3.8) is 0 Å². The number of nitrogens with zero attached hydrogens (tertiary/aromatic N) is 1. The van der Waals surface area contributed by atoms with Crippen molar-refractivity contribution in [1.82, 2.24) is 10.2 Å². The van der Waals surface area contributed by atoms with Gasteiger partial charge in [0.2, 0.25) is 0 Å². The number of nitrogens with one attached hydrogen (secondary N) is 1. The summed E-state index contributed by atoms with van der Waals surface area (Å²) in [6.07, 6.45) is 0. The number of hydrogen-bond acceptors (Lipinski definition) is 4. The third-order valence-corrected chi connectivity index (χ3v) is 4.68. The highest BCUT2D eigenvalue weighted by Crippen LogP contribution is 2.17. The van der Waals surface area contributed by atoms with Crippen molar-refractivity contribution in [2.75, 3.05) is 20.3 Å². The van der Waals surface area contributed by atoms with E-state index in [1.807, 2.05) is 48.5 Å². The first-order valence-electron chi connectivity index (χ1n) is 9.50. The molecule has 3 rings (SSSR count). The molecule has 1 amide bonds. The summed E-state index contributed by atoms with van der Waals surface area (Å²) in [6.45, 7) is 3.00.